The summed E-state index contributed by atoms with van der Waals surface area (Å²) in [7, 11) is 0. The molecule has 0 unspecified atom stereocenters. The number of imidazole rings is 1. The monoisotopic (exact) mass is 267 g/mol. The van der Waals surface area contributed by atoms with Gasteiger partial charge in [-0.3, -0.25) is 5.10 Å². The number of H-pyrrole nitrogens is 2. The van der Waals surface area contributed by atoms with Crippen LogP contribution in [0.1, 0.15) is 0 Å². The van der Waals surface area contributed by atoms with Crippen LogP contribution in [0.25, 0.3) is 27.9 Å². The van der Waals surface area contributed by atoms with Crippen molar-refractivity contribution in [2.45, 2.75) is 0 Å². The summed E-state index contributed by atoms with van der Waals surface area (Å²) in [6.07, 6.45) is 3.93. The Morgan fingerprint density at radius 2 is 2.05 bits per heavy atom. The van der Waals surface area contributed by atoms with Gasteiger partial charge in [0.05, 0.1) is 0 Å². The summed E-state index contributed by atoms with van der Waals surface area (Å²) in [4.78, 5) is 7.60. The highest BCUT2D eigenvalue weighted by Gasteiger charge is 2.09. The molecule has 2 N–H and O–H groups in total. The Hall–Kier alpha value is -2.47. The fraction of sp³-hybridized carbons (Fsp3) is 0. The third-order valence-corrected chi connectivity index (χ3v) is 3.29. The largest absolute Gasteiger partial charge is 0.313 e. The smallest absolute Gasteiger partial charge is 0.192 e. The zero-order valence-corrected chi connectivity index (χ0v) is 10.6. The van der Waals surface area contributed by atoms with Gasteiger partial charge < -0.3 is 9.38 Å². The van der Waals surface area contributed by atoms with E-state index in [1.165, 1.54) is 5.39 Å². The second-order valence-corrected chi connectivity index (χ2v) is 4.69. The molecule has 0 amide bonds. The lowest BCUT2D eigenvalue weighted by Crippen LogP contribution is -1.83. The molecular formula is C13H9N5S. The molecule has 0 saturated carbocycles. The van der Waals surface area contributed by atoms with Crippen molar-refractivity contribution in [2.24, 2.45) is 0 Å². The normalized spacial score (nSPS) is 11.4. The maximum Gasteiger partial charge on any atom is 0.192 e. The molecule has 0 spiro atoms. The first-order valence-electron chi connectivity index (χ1n) is 5.83. The molecule has 0 aliphatic heterocycles. The topological polar surface area (TPSA) is 61.8 Å². The highest BCUT2D eigenvalue weighted by molar-refractivity contribution is 7.71. The molecule has 4 aromatic rings. The van der Waals surface area contributed by atoms with E-state index in [-0.39, 0.29) is 0 Å². The van der Waals surface area contributed by atoms with E-state index in [0.29, 0.717) is 10.6 Å². The number of fused-ring (bicyclic) bond motifs is 3. The van der Waals surface area contributed by atoms with Crippen molar-refractivity contribution in [2.75, 3.05) is 0 Å². The Morgan fingerprint density at radius 1 is 1.16 bits per heavy atom. The van der Waals surface area contributed by atoms with Crippen LogP contribution in [0.2, 0.25) is 0 Å². The van der Waals surface area contributed by atoms with Crippen LogP contribution >= 0.6 is 12.2 Å². The lowest BCUT2D eigenvalue weighted by atomic mass is 10.2. The minimum absolute atomic E-state index is 0.497. The van der Waals surface area contributed by atoms with Gasteiger partial charge in [0.2, 0.25) is 0 Å². The van der Waals surface area contributed by atoms with Gasteiger partial charge in [-0.25, -0.2) is 4.98 Å². The summed E-state index contributed by atoms with van der Waals surface area (Å²) < 4.78 is 2.49. The van der Waals surface area contributed by atoms with E-state index in [9.17, 15) is 0 Å². The van der Waals surface area contributed by atoms with Crippen LogP contribution in [0.5, 0.6) is 0 Å². The Labute approximate surface area is 112 Å². The molecule has 6 heteroatoms. The number of aromatic amines is 2. The molecule has 19 heavy (non-hydrogen) atoms. The van der Waals surface area contributed by atoms with E-state index in [2.05, 4.69) is 38.4 Å². The first-order valence-corrected chi connectivity index (χ1v) is 6.23. The van der Waals surface area contributed by atoms with Crippen LogP contribution in [-0.2, 0) is 0 Å². The van der Waals surface area contributed by atoms with Crippen molar-refractivity contribution < 1.29 is 0 Å². The molecule has 0 saturated heterocycles. The number of nitrogens with zero attached hydrogens (tertiary/aromatic N) is 3. The first-order chi connectivity index (χ1) is 9.31. The van der Waals surface area contributed by atoms with Crippen molar-refractivity contribution in [1.82, 2.24) is 24.6 Å². The minimum atomic E-state index is 0.497. The number of benzene rings is 1. The molecule has 0 atom stereocenters. The fourth-order valence-electron chi connectivity index (χ4n) is 2.22. The summed E-state index contributed by atoms with van der Waals surface area (Å²) in [6.45, 7) is 0. The summed E-state index contributed by atoms with van der Waals surface area (Å²) in [5.74, 6) is 0.651. The summed E-state index contributed by atoms with van der Waals surface area (Å²) in [6, 6.07) is 10.2. The van der Waals surface area contributed by atoms with Crippen molar-refractivity contribution in [3.63, 3.8) is 0 Å². The van der Waals surface area contributed by atoms with Gasteiger partial charge in [0.15, 0.2) is 10.6 Å². The molecule has 4 rings (SSSR count). The molecule has 0 aliphatic carbocycles. The SMILES string of the molecule is S=c1[nH]nc(-c2cn3ccc4ccccc4c3n2)[nH]1. The number of hydrogen-bond acceptors (Lipinski definition) is 3. The minimum Gasteiger partial charge on any atom is -0.313 e. The molecule has 92 valence electrons. The van der Waals surface area contributed by atoms with Gasteiger partial charge in [-0.1, -0.05) is 24.3 Å². The average molecular weight is 267 g/mol. The highest BCUT2D eigenvalue weighted by atomic mass is 32.1. The van der Waals surface area contributed by atoms with Gasteiger partial charge in [-0.05, 0) is 23.7 Å². The van der Waals surface area contributed by atoms with E-state index in [4.69, 9.17) is 12.2 Å². The van der Waals surface area contributed by atoms with Crippen LogP contribution in [0.4, 0.5) is 0 Å². The summed E-state index contributed by atoms with van der Waals surface area (Å²) in [5, 5.41) is 9.09. The maximum atomic E-state index is 4.98. The van der Waals surface area contributed by atoms with Crippen LogP contribution < -0.4 is 0 Å². The number of nitrogens with one attached hydrogen (secondary N) is 2. The van der Waals surface area contributed by atoms with Crippen molar-refractivity contribution in [1.29, 1.82) is 0 Å². The van der Waals surface area contributed by atoms with Crippen molar-refractivity contribution in [3.05, 3.63) is 47.5 Å². The van der Waals surface area contributed by atoms with Crippen LogP contribution in [0, 0.1) is 4.77 Å². The molecule has 0 fully saturated rings. The lowest BCUT2D eigenvalue weighted by Gasteiger charge is -1.98. The average Bonchev–Trinajstić information content (AvgIpc) is 3.04. The fourth-order valence-corrected chi connectivity index (χ4v) is 2.36. The Kier molecular flexibility index (Phi) is 2.07. The van der Waals surface area contributed by atoms with Crippen LogP contribution in [-0.4, -0.2) is 24.6 Å². The number of rotatable bonds is 1. The van der Waals surface area contributed by atoms with Crippen molar-refractivity contribution >= 4 is 28.6 Å². The van der Waals surface area contributed by atoms with Crippen LogP contribution in [0.15, 0.2) is 42.7 Å². The zero-order valence-electron chi connectivity index (χ0n) is 9.79. The maximum absolute atomic E-state index is 4.98. The van der Waals surface area contributed by atoms with Gasteiger partial charge in [-0.2, -0.15) is 5.10 Å². The van der Waals surface area contributed by atoms with Crippen molar-refractivity contribution in [3.8, 4) is 11.5 Å². The van der Waals surface area contributed by atoms with Gasteiger partial charge in [0.1, 0.15) is 11.3 Å². The van der Waals surface area contributed by atoms with E-state index in [0.717, 1.165) is 16.7 Å². The third kappa shape index (κ3) is 1.57. The molecule has 1 aromatic carbocycles. The Bertz CT molecular complexity index is 946. The van der Waals surface area contributed by atoms with Gasteiger partial charge in [-0.15, -0.1) is 0 Å². The molecule has 0 aliphatic rings. The van der Waals surface area contributed by atoms with E-state index in [1.807, 2.05) is 28.9 Å². The number of aromatic nitrogens is 5. The Morgan fingerprint density at radius 3 is 2.89 bits per heavy atom. The van der Waals surface area contributed by atoms with Gasteiger partial charge in [0.25, 0.3) is 0 Å². The second-order valence-electron chi connectivity index (χ2n) is 4.29. The van der Waals surface area contributed by atoms with E-state index >= 15 is 0 Å². The lowest BCUT2D eigenvalue weighted by molar-refractivity contribution is 1.08. The standard InChI is InChI=1S/C13H9N5S/c19-13-15-11(16-17-13)10-7-18-6-5-8-3-1-2-4-9(8)12(18)14-10/h1-7H,(H2,15,16,17,19). The molecule has 0 bridgehead atoms. The molecular weight excluding hydrogens is 258 g/mol. The van der Waals surface area contributed by atoms with Gasteiger partial charge >= 0.3 is 0 Å². The molecule has 0 radical (unpaired) electrons. The predicted molar refractivity (Wildman–Crippen MR) is 75.5 cm³/mol. The Balaban J connectivity index is 2.05. The number of hydrogen-bond donors (Lipinski definition) is 2. The van der Waals surface area contributed by atoms with E-state index < -0.39 is 0 Å². The number of pyridine rings is 1. The summed E-state index contributed by atoms with van der Waals surface area (Å²) in [5.41, 5.74) is 1.68. The van der Waals surface area contributed by atoms with Crippen LogP contribution in [0.3, 0.4) is 0 Å². The van der Waals surface area contributed by atoms with E-state index in [1.54, 1.807) is 0 Å². The molecule has 3 aromatic heterocycles. The van der Waals surface area contributed by atoms with Gasteiger partial charge in [0, 0.05) is 17.8 Å². The molecule has 3 heterocycles. The second kappa shape index (κ2) is 3.76. The summed E-state index contributed by atoms with van der Waals surface area (Å²) >= 11 is 4.98. The zero-order chi connectivity index (χ0) is 12.8. The first kappa shape index (κ1) is 10.5. The third-order valence-electron chi connectivity index (χ3n) is 3.09. The predicted octanol–water partition coefficient (Wildman–Crippen LogP) is 2.94. The quantitative estimate of drug-likeness (QED) is 0.521. The molecule has 5 nitrogen and oxygen atoms in total. The highest BCUT2D eigenvalue weighted by Crippen LogP contribution is 2.22.